The molecule has 0 aliphatic heterocycles. The van der Waals surface area contributed by atoms with Crippen LogP contribution >= 0.6 is 0 Å². The van der Waals surface area contributed by atoms with Gasteiger partial charge in [-0.1, -0.05) is 0 Å². The third-order valence-electron chi connectivity index (χ3n) is 2.27. The second kappa shape index (κ2) is 6.22. The third kappa shape index (κ3) is 3.72. The Kier molecular flexibility index (Phi) is 4.93. The fourth-order valence-corrected chi connectivity index (χ4v) is 1.49. The van der Waals surface area contributed by atoms with E-state index in [-0.39, 0.29) is 6.04 Å². The van der Waals surface area contributed by atoms with Gasteiger partial charge in [0.25, 0.3) is 0 Å². The highest BCUT2D eigenvalue weighted by atomic mass is 16.5. The smallest absolute Gasteiger partial charge is 0.126 e. The Morgan fingerprint density at radius 3 is 2.65 bits per heavy atom. The maximum Gasteiger partial charge on any atom is 0.126 e. The van der Waals surface area contributed by atoms with Crippen LogP contribution < -0.4 is 16.2 Å². The number of benzene rings is 1. The van der Waals surface area contributed by atoms with E-state index in [1.807, 2.05) is 25.1 Å². The molecule has 94 valence electrons. The summed E-state index contributed by atoms with van der Waals surface area (Å²) in [5, 5.41) is 0. The van der Waals surface area contributed by atoms with Crippen LogP contribution in [0, 0.1) is 0 Å². The predicted octanol–water partition coefficient (Wildman–Crippen LogP) is 1.35. The third-order valence-corrected chi connectivity index (χ3v) is 2.27. The lowest BCUT2D eigenvalue weighted by atomic mass is 10.1. The maximum absolute atomic E-state index is 5.86. The van der Waals surface area contributed by atoms with Crippen molar-refractivity contribution >= 4 is 11.5 Å². The molecule has 0 aromatic heterocycles. The molecule has 0 bridgehead atoms. The molecule has 0 saturated heterocycles. The van der Waals surface area contributed by atoms with Crippen LogP contribution in [0.25, 0.3) is 0 Å². The average molecular weight is 237 g/mol. The Labute approximate surface area is 101 Å². The highest BCUT2D eigenvalue weighted by molar-refractivity contribution is 5.84. The van der Waals surface area contributed by atoms with Crippen molar-refractivity contribution in [1.82, 2.24) is 0 Å². The molecule has 1 rings (SSSR count). The number of nitrogens with two attached hydrogens (primary N) is 2. The lowest BCUT2D eigenvalue weighted by Crippen LogP contribution is -2.17. The van der Waals surface area contributed by atoms with Gasteiger partial charge in [-0.3, -0.25) is 0 Å². The van der Waals surface area contributed by atoms with Crippen LogP contribution in [0.1, 0.15) is 18.5 Å². The Hall–Kier alpha value is -1.59. The predicted molar refractivity (Wildman–Crippen MR) is 68.8 cm³/mol. The Morgan fingerprint density at radius 1 is 1.41 bits per heavy atom. The molecule has 0 amide bonds. The first-order valence-corrected chi connectivity index (χ1v) is 5.34. The first-order valence-electron chi connectivity index (χ1n) is 5.34. The largest absolute Gasteiger partial charge is 0.496 e. The van der Waals surface area contributed by atoms with E-state index in [9.17, 15) is 0 Å². The SMILES string of the molecule is COCC(N)=Nc1ccc(OC)c(C(C)N)c1. The molecule has 1 aromatic rings. The standard InChI is InChI=1S/C12H19N3O2/c1-8(13)10-6-9(4-5-11(10)17-3)15-12(14)7-16-2/h4-6,8H,7,13H2,1-3H3,(H2,14,15). The number of amidine groups is 1. The zero-order valence-corrected chi connectivity index (χ0v) is 10.4. The van der Waals surface area contributed by atoms with E-state index < -0.39 is 0 Å². The molecule has 5 heteroatoms. The number of nitrogens with zero attached hydrogens (tertiary/aromatic N) is 1. The summed E-state index contributed by atoms with van der Waals surface area (Å²) in [4.78, 5) is 4.23. The molecule has 1 unspecified atom stereocenters. The van der Waals surface area contributed by atoms with Crippen LogP contribution in [-0.4, -0.2) is 26.7 Å². The van der Waals surface area contributed by atoms with Crippen LogP contribution in [0.4, 0.5) is 5.69 Å². The molecule has 5 nitrogen and oxygen atoms in total. The van der Waals surface area contributed by atoms with Crippen LogP contribution in [-0.2, 0) is 4.74 Å². The molecule has 4 N–H and O–H groups in total. The molecule has 0 saturated carbocycles. The molecular weight excluding hydrogens is 218 g/mol. The zero-order chi connectivity index (χ0) is 12.8. The van der Waals surface area contributed by atoms with Crippen molar-refractivity contribution in [3.05, 3.63) is 23.8 Å². The van der Waals surface area contributed by atoms with Gasteiger partial charge >= 0.3 is 0 Å². The van der Waals surface area contributed by atoms with E-state index in [2.05, 4.69) is 4.99 Å². The molecule has 0 heterocycles. The summed E-state index contributed by atoms with van der Waals surface area (Å²) in [6, 6.07) is 5.40. The monoisotopic (exact) mass is 237 g/mol. The molecule has 0 spiro atoms. The topological polar surface area (TPSA) is 82.9 Å². The molecule has 1 aromatic carbocycles. The summed E-state index contributed by atoms with van der Waals surface area (Å²) in [6.45, 7) is 2.20. The minimum atomic E-state index is -0.122. The second-order valence-corrected chi connectivity index (χ2v) is 3.75. The van der Waals surface area contributed by atoms with Crippen LogP contribution in [0.5, 0.6) is 5.75 Å². The van der Waals surface area contributed by atoms with E-state index in [0.717, 1.165) is 17.0 Å². The highest BCUT2D eigenvalue weighted by Gasteiger charge is 2.08. The number of hydrogen-bond acceptors (Lipinski definition) is 4. The molecule has 0 radical (unpaired) electrons. The van der Waals surface area contributed by atoms with E-state index in [1.165, 1.54) is 0 Å². The number of ether oxygens (including phenoxy) is 2. The number of methoxy groups -OCH3 is 2. The first kappa shape index (κ1) is 13.5. The van der Waals surface area contributed by atoms with Crippen molar-refractivity contribution in [3.63, 3.8) is 0 Å². The number of rotatable bonds is 5. The van der Waals surface area contributed by atoms with Crippen molar-refractivity contribution in [2.24, 2.45) is 16.5 Å². The zero-order valence-electron chi connectivity index (χ0n) is 10.4. The van der Waals surface area contributed by atoms with Gasteiger partial charge in [-0.25, -0.2) is 4.99 Å². The fraction of sp³-hybridized carbons (Fsp3) is 0.417. The van der Waals surface area contributed by atoms with Crippen molar-refractivity contribution < 1.29 is 9.47 Å². The molecular formula is C12H19N3O2. The number of hydrogen-bond donors (Lipinski definition) is 2. The van der Waals surface area contributed by atoms with E-state index in [4.69, 9.17) is 20.9 Å². The minimum Gasteiger partial charge on any atom is -0.496 e. The second-order valence-electron chi connectivity index (χ2n) is 3.75. The first-order chi connectivity index (χ1) is 8.08. The van der Waals surface area contributed by atoms with Crippen molar-refractivity contribution in [2.45, 2.75) is 13.0 Å². The van der Waals surface area contributed by atoms with Crippen molar-refractivity contribution in [1.29, 1.82) is 0 Å². The summed E-state index contributed by atoms with van der Waals surface area (Å²) in [6.07, 6.45) is 0. The van der Waals surface area contributed by atoms with Crippen molar-refractivity contribution in [3.8, 4) is 5.75 Å². The summed E-state index contributed by atoms with van der Waals surface area (Å²) in [5.74, 6) is 1.18. The number of aliphatic imine (C=N–C) groups is 1. The summed E-state index contributed by atoms with van der Waals surface area (Å²) >= 11 is 0. The van der Waals surface area contributed by atoms with Gasteiger partial charge in [-0.2, -0.15) is 0 Å². The quantitative estimate of drug-likeness (QED) is 0.598. The molecule has 1 atom stereocenters. The van der Waals surface area contributed by atoms with Crippen LogP contribution in [0.15, 0.2) is 23.2 Å². The molecule has 0 fully saturated rings. The van der Waals surface area contributed by atoms with Gasteiger partial charge in [0.2, 0.25) is 0 Å². The van der Waals surface area contributed by atoms with Crippen LogP contribution in [0.3, 0.4) is 0 Å². The lowest BCUT2D eigenvalue weighted by molar-refractivity contribution is 0.244. The minimum absolute atomic E-state index is 0.122. The fourth-order valence-electron chi connectivity index (χ4n) is 1.49. The van der Waals surface area contributed by atoms with Gasteiger partial charge in [0.1, 0.15) is 18.2 Å². The highest BCUT2D eigenvalue weighted by Crippen LogP contribution is 2.28. The summed E-state index contributed by atoms with van der Waals surface area (Å²) in [5.41, 5.74) is 13.2. The molecule has 0 aliphatic rings. The van der Waals surface area contributed by atoms with E-state index >= 15 is 0 Å². The van der Waals surface area contributed by atoms with Gasteiger partial charge in [0.15, 0.2) is 0 Å². The summed E-state index contributed by atoms with van der Waals surface area (Å²) in [7, 11) is 3.19. The van der Waals surface area contributed by atoms with Gasteiger partial charge < -0.3 is 20.9 Å². The molecule has 17 heavy (non-hydrogen) atoms. The normalized spacial score (nSPS) is 13.5. The maximum atomic E-state index is 5.86. The average Bonchev–Trinajstić information content (AvgIpc) is 2.29. The van der Waals surface area contributed by atoms with Gasteiger partial charge in [0.05, 0.1) is 12.8 Å². The van der Waals surface area contributed by atoms with Gasteiger partial charge in [-0.05, 0) is 25.1 Å². The van der Waals surface area contributed by atoms with Crippen LogP contribution in [0.2, 0.25) is 0 Å². The van der Waals surface area contributed by atoms with Gasteiger partial charge in [-0.15, -0.1) is 0 Å². The van der Waals surface area contributed by atoms with Crippen molar-refractivity contribution in [2.75, 3.05) is 20.8 Å². The Morgan fingerprint density at radius 2 is 2.12 bits per heavy atom. The Balaban J connectivity index is 3.04. The molecule has 0 aliphatic carbocycles. The summed E-state index contributed by atoms with van der Waals surface area (Å²) < 4.78 is 10.1. The van der Waals surface area contributed by atoms with E-state index in [1.54, 1.807) is 14.2 Å². The Bertz CT molecular complexity index is 403. The van der Waals surface area contributed by atoms with E-state index in [0.29, 0.717) is 12.4 Å². The lowest BCUT2D eigenvalue weighted by Gasteiger charge is -2.12. The van der Waals surface area contributed by atoms with Gasteiger partial charge in [0, 0.05) is 18.7 Å².